The van der Waals surface area contributed by atoms with Gasteiger partial charge in [-0.15, -0.1) is 0 Å². The maximum Gasteiger partial charge on any atom is 0.411 e. The predicted octanol–water partition coefficient (Wildman–Crippen LogP) is 4.96. The van der Waals surface area contributed by atoms with Crippen LogP contribution in [0.25, 0.3) is 11.1 Å². The van der Waals surface area contributed by atoms with Crippen LogP contribution in [0.1, 0.15) is 42.4 Å². The van der Waals surface area contributed by atoms with E-state index in [-0.39, 0.29) is 31.3 Å². The summed E-state index contributed by atoms with van der Waals surface area (Å²) in [7, 11) is 0. The number of aliphatic carboxylic acids is 1. The maximum absolute atomic E-state index is 12.7. The van der Waals surface area contributed by atoms with E-state index in [0.29, 0.717) is 12.1 Å². The first-order chi connectivity index (χ1) is 16.9. The molecule has 4 rings (SSSR count). The molecule has 180 valence electrons. The van der Waals surface area contributed by atoms with E-state index in [1.54, 1.807) is 19.1 Å². The van der Waals surface area contributed by atoms with Crippen LogP contribution in [0.2, 0.25) is 0 Å². The summed E-state index contributed by atoms with van der Waals surface area (Å²) < 4.78 is 5.63. The minimum absolute atomic E-state index is 0.0279. The lowest BCUT2D eigenvalue weighted by Crippen LogP contribution is -2.34. The highest BCUT2D eigenvalue weighted by atomic mass is 16.5. The fourth-order valence-corrected chi connectivity index (χ4v) is 4.51. The molecule has 0 aliphatic heterocycles. The summed E-state index contributed by atoms with van der Waals surface area (Å²) in [4.78, 5) is 35.6. The van der Waals surface area contributed by atoms with Crippen LogP contribution in [0.5, 0.6) is 0 Å². The van der Waals surface area contributed by atoms with E-state index >= 15 is 0 Å². The summed E-state index contributed by atoms with van der Waals surface area (Å²) in [6.07, 6.45) is -0.122. The molecule has 0 aromatic heterocycles. The Kier molecular flexibility index (Phi) is 7.45. The van der Waals surface area contributed by atoms with Crippen LogP contribution in [-0.2, 0) is 20.7 Å². The van der Waals surface area contributed by atoms with Crippen molar-refractivity contribution in [3.63, 3.8) is 0 Å². The summed E-state index contributed by atoms with van der Waals surface area (Å²) in [5.74, 6) is -1.23. The topological polar surface area (TPSA) is 105 Å². The van der Waals surface area contributed by atoms with Crippen LogP contribution in [0, 0.1) is 0 Å². The van der Waals surface area contributed by atoms with Gasteiger partial charge in [0.25, 0.3) is 0 Å². The molecule has 0 radical (unpaired) electrons. The Bertz CT molecular complexity index is 1190. The standard InChI is InChI=1S/C28H28N2O5/c1-18(16-27(32)33)29-26(31)15-14-19-8-2-7-13-25(19)30-28(34)35-17-24-22-11-5-3-9-20(22)21-10-4-6-12-23(21)24/h2-13,18,24H,14-17H2,1H3,(H,29,31)(H,30,34)(H,32,33)/t18-/m0/s1. The number of carboxylic acids is 1. The van der Waals surface area contributed by atoms with E-state index in [2.05, 4.69) is 34.9 Å². The van der Waals surface area contributed by atoms with Gasteiger partial charge in [0.2, 0.25) is 5.91 Å². The van der Waals surface area contributed by atoms with Crippen molar-refractivity contribution in [3.8, 4) is 11.1 Å². The second-order valence-electron chi connectivity index (χ2n) is 8.67. The number of carbonyl (C=O) groups is 3. The molecule has 7 nitrogen and oxygen atoms in total. The summed E-state index contributed by atoms with van der Waals surface area (Å²) in [6, 6.07) is 23.1. The smallest absolute Gasteiger partial charge is 0.411 e. The molecule has 2 amide bonds. The third kappa shape index (κ3) is 5.87. The van der Waals surface area contributed by atoms with Crippen LogP contribution in [0.3, 0.4) is 0 Å². The van der Waals surface area contributed by atoms with Crippen molar-refractivity contribution in [1.82, 2.24) is 5.32 Å². The zero-order chi connectivity index (χ0) is 24.8. The van der Waals surface area contributed by atoms with E-state index in [9.17, 15) is 14.4 Å². The molecule has 35 heavy (non-hydrogen) atoms. The highest BCUT2D eigenvalue weighted by Gasteiger charge is 2.29. The second kappa shape index (κ2) is 10.9. The number of carbonyl (C=O) groups excluding carboxylic acids is 2. The van der Waals surface area contributed by atoms with Gasteiger partial charge in [0.15, 0.2) is 0 Å². The van der Waals surface area contributed by atoms with Crippen LogP contribution in [0.4, 0.5) is 10.5 Å². The van der Waals surface area contributed by atoms with Crippen molar-refractivity contribution in [2.45, 2.75) is 38.1 Å². The molecule has 0 unspecified atom stereocenters. The first-order valence-electron chi connectivity index (χ1n) is 11.6. The molecular weight excluding hydrogens is 444 g/mol. The van der Waals surface area contributed by atoms with Gasteiger partial charge in [-0.2, -0.15) is 0 Å². The molecule has 3 N–H and O–H groups in total. The summed E-state index contributed by atoms with van der Waals surface area (Å²) >= 11 is 0. The van der Waals surface area contributed by atoms with Gasteiger partial charge in [-0.05, 0) is 47.2 Å². The maximum atomic E-state index is 12.7. The Morgan fingerprint density at radius 3 is 2.17 bits per heavy atom. The Hall–Kier alpha value is -4.13. The molecule has 0 bridgehead atoms. The number of rotatable bonds is 9. The third-order valence-electron chi connectivity index (χ3n) is 6.11. The number of para-hydroxylation sites is 1. The average Bonchev–Trinajstić information content (AvgIpc) is 3.15. The highest BCUT2D eigenvalue weighted by molar-refractivity contribution is 5.86. The van der Waals surface area contributed by atoms with Gasteiger partial charge in [0.05, 0.1) is 6.42 Å². The van der Waals surface area contributed by atoms with E-state index < -0.39 is 18.1 Å². The van der Waals surface area contributed by atoms with E-state index in [1.807, 2.05) is 36.4 Å². The molecule has 0 fully saturated rings. The van der Waals surface area contributed by atoms with Crippen molar-refractivity contribution in [2.24, 2.45) is 0 Å². The molecule has 0 heterocycles. The molecule has 1 aliphatic carbocycles. The number of anilines is 1. The molecule has 3 aromatic carbocycles. The van der Waals surface area contributed by atoms with Crippen LogP contribution in [-0.4, -0.2) is 35.7 Å². The van der Waals surface area contributed by atoms with Crippen LogP contribution in [0.15, 0.2) is 72.8 Å². The first-order valence-corrected chi connectivity index (χ1v) is 11.6. The summed E-state index contributed by atoms with van der Waals surface area (Å²) in [5.41, 5.74) is 5.99. The molecule has 0 spiro atoms. The third-order valence-corrected chi connectivity index (χ3v) is 6.11. The number of amides is 2. The Morgan fingerprint density at radius 1 is 0.914 bits per heavy atom. The predicted molar refractivity (Wildman–Crippen MR) is 133 cm³/mol. The first kappa shape index (κ1) is 24.0. The molecule has 3 aromatic rings. The van der Waals surface area contributed by atoms with Crippen LogP contribution >= 0.6 is 0 Å². The number of fused-ring (bicyclic) bond motifs is 3. The van der Waals surface area contributed by atoms with E-state index in [0.717, 1.165) is 16.7 Å². The monoisotopic (exact) mass is 472 g/mol. The molecule has 1 aliphatic rings. The van der Waals surface area contributed by atoms with Crippen molar-refractivity contribution in [2.75, 3.05) is 11.9 Å². The fourth-order valence-electron chi connectivity index (χ4n) is 4.51. The largest absolute Gasteiger partial charge is 0.481 e. The normalized spacial score (nSPS) is 12.8. The summed E-state index contributed by atoms with van der Waals surface area (Å²) in [5, 5.41) is 14.3. The number of aryl methyl sites for hydroxylation is 1. The Labute approximate surface area is 204 Å². The van der Waals surface area contributed by atoms with Gasteiger partial charge in [0.1, 0.15) is 6.61 Å². The van der Waals surface area contributed by atoms with Gasteiger partial charge in [-0.1, -0.05) is 66.7 Å². The van der Waals surface area contributed by atoms with Crippen molar-refractivity contribution >= 4 is 23.7 Å². The van der Waals surface area contributed by atoms with Crippen molar-refractivity contribution < 1.29 is 24.2 Å². The highest BCUT2D eigenvalue weighted by Crippen LogP contribution is 2.44. The number of hydrogen-bond donors (Lipinski definition) is 3. The van der Waals surface area contributed by atoms with Crippen LogP contribution < -0.4 is 10.6 Å². The molecule has 7 heteroatoms. The zero-order valence-electron chi connectivity index (χ0n) is 19.5. The lowest BCUT2D eigenvalue weighted by Gasteiger charge is -2.16. The van der Waals surface area contributed by atoms with Crippen molar-refractivity contribution in [1.29, 1.82) is 0 Å². The number of nitrogens with one attached hydrogen (secondary N) is 2. The quantitative estimate of drug-likeness (QED) is 0.408. The van der Waals surface area contributed by atoms with E-state index in [4.69, 9.17) is 9.84 Å². The lowest BCUT2D eigenvalue weighted by atomic mass is 9.98. The van der Waals surface area contributed by atoms with E-state index in [1.165, 1.54) is 11.1 Å². The molecule has 1 atom stereocenters. The minimum atomic E-state index is -0.963. The number of hydrogen-bond acceptors (Lipinski definition) is 4. The fraction of sp³-hybridized carbons (Fsp3) is 0.250. The van der Waals surface area contributed by atoms with Gasteiger partial charge in [0, 0.05) is 24.1 Å². The number of benzene rings is 3. The van der Waals surface area contributed by atoms with Gasteiger partial charge >= 0.3 is 12.1 Å². The molecule has 0 saturated heterocycles. The van der Waals surface area contributed by atoms with Crippen molar-refractivity contribution in [3.05, 3.63) is 89.5 Å². The molecular formula is C28H28N2O5. The van der Waals surface area contributed by atoms with Gasteiger partial charge in [-0.25, -0.2) is 4.79 Å². The number of carboxylic acid groups (broad SMARTS) is 1. The number of ether oxygens (including phenoxy) is 1. The summed E-state index contributed by atoms with van der Waals surface area (Å²) in [6.45, 7) is 1.87. The zero-order valence-corrected chi connectivity index (χ0v) is 19.5. The second-order valence-corrected chi connectivity index (χ2v) is 8.67. The SMILES string of the molecule is C[C@@H](CC(=O)O)NC(=O)CCc1ccccc1NC(=O)OCC1c2ccccc2-c2ccccc21. The van der Waals surface area contributed by atoms with Gasteiger partial charge in [-0.3, -0.25) is 14.9 Å². The van der Waals surface area contributed by atoms with Gasteiger partial charge < -0.3 is 15.2 Å². The Morgan fingerprint density at radius 2 is 1.51 bits per heavy atom. The molecule has 0 saturated carbocycles. The average molecular weight is 473 g/mol. The lowest BCUT2D eigenvalue weighted by molar-refractivity contribution is -0.137. The Balaban J connectivity index is 1.35. The minimum Gasteiger partial charge on any atom is -0.481 e.